The number of benzene rings is 2. The van der Waals surface area contributed by atoms with E-state index in [9.17, 15) is 19.2 Å². The maximum absolute atomic E-state index is 12.8. The minimum atomic E-state index is -1.19. The second-order valence-electron chi connectivity index (χ2n) is 7.54. The van der Waals surface area contributed by atoms with Gasteiger partial charge in [0.15, 0.2) is 0 Å². The van der Waals surface area contributed by atoms with Crippen LogP contribution in [0.3, 0.4) is 0 Å². The number of fused-ring (bicyclic) bond motifs is 1. The van der Waals surface area contributed by atoms with Gasteiger partial charge in [0.2, 0.25) is 11.8 Å². The summed E-state index contributed by atoms with van der Waals surface area (Å²) in [6, 6.07) is 15.0. The smallest absolute Gasteiger partial charge is 0.255 e. The number of H-pyrrole nitrogens is 1. The number of nitrogens with one attached hydrogen (secondary N) is 3. The predicted molar refractivity (Wildman–Crippen MR) is 129 cm³/mol. The molecule has 4 rings (SSSR count). The summed E-state index contributed by atoms with van der Waals surface area (Å²) in [6.45, 7) is 0. The van der Waals surface area contributed by atoms with Gasteiger partial charge in [-0.05, 0) is 42.5 Å². The molecule has 34 heavy (non-hydrogen) atoms. The zero-order valence-corrected chi connectivity index (χ0v) is 18.5. The zero-order chi connectivity index (χ0) is 24.2. The number of anilines is 1. The van der Waals surface area contributed by atoms with Gasteiger partial charge in [0, 0.05) is 46.3 Å². The molecule has 3 amide bonds. The number of primary amides is 1. The van der Waals surface area contributed by atoms with Gasteiger partial charge in [0.1, 0.15) is 6.04 Å². The van der Waals surface area contributed by atoms with Crippen molar-refractivity contribution in [3.8, 4) is 5.69 Å². The second-order valence-corrected chi connectivity index (χ2v) is 7.95. The normalized spacial score (nSPS) is 11.7. The van der Waals surface area contributed by atoms with E-state index in [1.54, 1.807) is 67.0 Å². The van der Waals surface area contributed by atoms with E-state index in [4.69, 9.17) is 17.3 Å². The van der Waals surface area contributed by atoms with Crippen LogP contribution >= 0.6 is 11.6 Å². The highest BCUT2D eigenvalue weighted by molar-refractivity contribution is 6.35. The molecular formula is C24H20ClN5O4. The number of rotatable bonds is 7. The Kier molecular flexibility index (Phi) is 6.46. The van der Waals surface area contributed by atoms with Crippen molar-refractivity contribution >= 4 is 45.9 Å². The molecule has 9 nitrogen and oxygen atoms in total. The summed E-state index contributed by atoms with van der Waals surface area (Å²) >= 11 is 6.06. The third-order valence-electron chi connectivity index (χ3n) is 5.16. The zero-order valence-electron chi connectivity index (χ0n) is 17.7. The Labute approximate surface area is 198 Å². The standard InChI is InChI=1S/C24H20ClN5O4/c25-18-13-27-19-11-14(4-9-17(18)19)23(33)29-20(12-21(26)31)24(34)28-15-5-7-16(8-6-15)30-10-2-1-3-22(30)32/h1-11,13,20,27H,12H2,(H2,26,31)(H,28,34)(H,29,33). The van der Waals surface area contributed by atoms with Gasteiger partial charge in [0.05, 0.1) is 11.4 Å². The highest BCUT2D eigenvalue weighted by atomic mass is 35.5. The van der Waals surface area contributed by atoms with Gasteiger partial charge in [0.25, 0.3) is 11.5 Å². The third kappa shape index (κ3) is 5.00. The molecule has 10 heteroatoms. The van der Waals surface area contributed by atoms with Crippen LogP contribution < -0.4 is 21.9 Å². The molecule has 5 N–H and O–H groups in total. The first kappa shape index (κ1) is 22.8. The topological polar surface area (TPSA) is 139 Å². The SMILES string of the molecule is NC(=O)CC(NC(=O)c1ccc2c(Cl)c[nH]c2c1)C(=O)Nc1ccc(-n2ccccc2=O)cc1. The molecule has 0 aliphatic rings. The highest BCUT2D eigenvalue weighted by Crippen LogP contribution is 2.23. The van der Waals surface area contributed by atoms with Gasteiger partial charge in [-0.2, -0.15) is 0 Å². The third-order valence-corrected chi connectivity index (χ3v) is 5.47. The number of nitrogens with two attached hydrogens (primary N) is 1. The number of amides is 3. The quantitative estimate of drug-likeness (QED) is 0.325. The van der Waals surface area contributed by atoms with Crippen molar-refractivity contribution < 1.29 is 14.4 Å². The Morgan fingerprint density at radius 1 is 1.06 bits per heavy atom. The van der Waals surface area contributed by atoms with Crippen LogP contribution in [0.5, 0.6) is 0 Å². The van der Waals surface area contributed by atoms with E-state index < -0.39 is 23.8 Å². The van der Waals surface area contributed by atoms with Crippen LogP contribution in [0.2, 0.25) is 5.02 Å². The molecule has 0 bridgehead atoms. The highest BCUT2D eigenvalue weighted by Gasteiger charge is 2.24. The fourth-order valence-corrected chi connectivity index (χ4v) is 3.68. The number of carbonyl (C=O) groups excluding carboxylic acids is 3. The molecular weight excluding hydrogens is 458 g/mol. The molecule has 4 aromatic rings. The van der Waals surface area contributed by atoms with E-state index in [1.807, 2.05) is 0 Å². The maximum atomic E-state index is 12.8. The fourth-order valence-electron chi connectivity index (χ4n) is 3.46. The lowest BCUT2D eigenvalue weighted by Crippen LogP contribution is -2.46. The molecule has 0 saturated carbocycles. The molecule has 1 atom stereocenters. The Bertz CT molecular complexity index is 1440. The Balaban J connectivity index is 1.48. The van der Waals surface area contributed by atoms with E-state index in [1.165, 1.54) is 10.6 Å². The van der Waals surface area contributed by atoms with E-state index in [0.29, 0.717) is 21.9 Å². The Hall–Kier alpha value is -4.37. The lowest BCUT2D eigenvalue weighted by molar-refractivity contribution is -0.123. The molecule has 0 radical (unpaired) electrons. The molecule has 0 aliphatic carbocycles. The molecule has 0 saturated heterocycles. The summed E-state index contributed by atoms with van der Waals surface area (Å²) in [6.07, 6.45) is 2.86. The van der Waals surface area contributed by atoms with Crippen LogP contribution in [-0.2, 0) is 9.59 Å². The number of hydrogen-bond acceptors (Lipinski definition) is 4. The average Bonchev–Trinajstić information content (AvgIpc) is 3.19. The van der Waals surface area contributed by atoms with E-state index >= 15 is 0 Å². The van der Waals surface area contributed by atoms with Gasteiger partial charge >= 0.3 is 0 Å². The fraction of sp³-hybridized carbons (Fsp3) is 0.0833. The largest absolute Gasteiger partial charge is 0.370 e. The maximum Gasteiger partial charge on any atom is 0.255 e. The van der Waals surface area contributed by atoms with Crippen LogP contribution in [0.25, 0.3) is 16.6 Å². The molecule has 0 fully saturated rings. The molecule has 172 valence electrons. The van der Waals surface area contributed by atoms with Crippen molar-refractivity contribution in [1.82, 2.24) is 14.9 Å². The summed E-state index contributed by atoms with van der Waals surface area (Å²) in [7, 11) is 0. The van der Waals surface area contributed by atoms with Crippen molar-refractivity contribution in [2.24, 2.45) is 5.73 Å². The number of pyridine rings is 1. The predicted octanol–water partition coefficient (Wildman–Crippen LogP) is 2.58. The van der Waals surface area contributed by atoms with E-state index in [-0.39, 0.29) is 17.5 Å². The van der Waals surface area contributed by atoms with Crippen LogP contribution in [-0.4, -0.2) is 33.3 Å². The number of aromatic nitrogens is 2. The first-order valence-electron chi connectivity index (χ1n) is 10.3. The van der Waals surface area contributed by atoms with Crippen LogP contribution in [0.15, 0.2) is 77.9 Å². The minimum Gasteiger partial charge on any atom is -0.370 e. The first-order chi connectivity index (χ1) is 16.3. The van der Waals surface area contributed by atoms with Gasteiger partial charge in [-0.3, -0.25) is 23.7 Å². The molecule has 0 spiro atoms. The van der Waals surface area contributed by atoms with Crippen LogP contribution in [0, 0.1) is 0 Å². The summed E-state index contributed by atoms with van der Waals surface area (Å²) in [5.41, 5.74) is 7.08. The molecule has 2 aromatic heterocycles. The number of aromatic amines is 1. The van der Waals surface area contributed by atoms with Gasteiger partial charge in [-0.25, -0.2) is 0 Å². The van der Waals surface area contributed by atoms with Crippen LogP contribution in [0.1, 0.15) is 16.8 Å². The van der Waals surface area contributed by atoms with Crippen molar-refractivity contribution in [3.63, 3.8) is 0 Å². The van der Waals surface area contributed by atoms with E-state index in [2.05, 4.69) is 15.6 Å². The number of carbonyl (C=O) groups is 3. The van der Waals surface area contributed by atoms with Crippen molar-refractivity contribution in [2.45, 2.75) is 12.5 Å². The monoisotopic (exact) mass is 477 g/mol. The molecule has 2 aromatic carbocycles. The number of nitrogens with zero attached hydrogens (tertiary/aromatic N) is 1. The average molecular weight is 478 g/mol. The molecule has 1 unspecified atom stereocenters. The van der Waals surface area contributed by atoms with Gasteiger partial charge < -0.3 is 21.4 Å². The Morgan fingerprint density at radius 2 is 1.82 bits per heavy atom. The van der Waals surface area contributed by atoms with E-state index in [0.717, 1.165) is 5.39 Å². The lowest BCUT2D eigenvalue weighted by Gasteiger charge is -2.17. The van der Waals surface area contributed by atoms with Crippen molar-refractivity contribution in [3.05, 3.63) is 94.0 Å². The first-order valence-corrected chi connectivity index (χ1v) is 10.6. The van der Waals surface area contributed by atoms with Crippen molar-refractivity contribution in [2.75, 3.05) is 5.32 Å². The summed E-state index contributed by atoms with van der Waals surface area (Å²) in [5.74, 6) is -1.90. The second kappa shape index (κ2) is 9.63. The lowest BCUT2D eigenvalue weighted by atomic mass is 10.1. The number of hydrogen-bond donors (Lipinski definition) is 4. The van der Waals surface area contributed by atoms with Crippen LogP contribution in [0.4, 0.5) is 5.69 Å². The molecule has 2 heterocycles. The summed E-state index contributed by atoms with van der Waals surface area (Å²) < 4.78 is 1.45. The number of halogens is 1. The van der Waals surface area contributed by atoms with Crippen molar-refractivity contribution in [1.29, 1.82) is 0 Å². The van der Waals surface area contributed by atoms with Gasteiger partial charge in [-0.1, -0.05) is 23.7 Å². The van der Waals surface area contributed by atoms with Gasteiger partial charge in [-0.15, -0.1) is 0 Å². The molecule has 0 aliphatic heterocycles. The summed E-state index contributed by atoms with van der Waals surface area (Å²) in [5, 5.41) is 6.49. The summed E-state index contributed by atoms with van der Waals surface area (Å²) in [4.78, 5) is 52.0. The Morgan fingerprint density at radius 3 is 2.53 bits per heavy atom. The minimum absolute atomic E-state index is 0.191.